The predicted octanol–water partition coefficient (Wildman–Crippen LogP) is 2.97. The number of nitrogens with zero attached hydrogens (tertiary/aromatic N) is 3. The maximum Gasteiger partial charge on any atom is 0.108 e. The van der Waals surface area contributed by atoms with Gasteiger partial charge in [0.1, 0.15) is 5.76 Å². The van der Waals surface area contributed by atoms with Crippen molar-refractivity contribution in [2.45, 2.75) is 13.8 Å². The summed E-state index contributed by atoms with van der Waals surface area (Å²) in [6.45, 7) is 7.28. The van der Waals surface area contributed by atoms with E-state index in [-0.39, 0.29) is 5.76 Å². The second-order valence-corrected chi connectivity index (χ2v) is 4.09. The molecule has 0 radical (unpaired) electrons. The molecule has 2 aromatic rings. The van der Waals surface area contributed by atoms with Gasteiger partial charge in [0.2, 0.25) is 0 Å². The maximum atomic E-state index is 9.00. The second kappa shape index (κ2) is 4.87. The highest BCUT2D eigenvalue weighted by Gasteiger charge is 2.03. The van der Waals surface area contributed by atoms with Crippen LogP contribution in [0.4, 0.5) is 0 Å². The molecule has 18 heavy (non-hydrogen) atoms. The average molecular weight is 241 g/mol. The Morgan fingerprint density at radius 2 is 2.17 bits per heavy atom. The van der Waals surface area contributed by atoms with Gasteiger partial charge in [0, 0.05) is 6.20 Å². The van der Waals surface area contributed by atoms with Gasteiger partial charge in [-0.2, -0.15) is 0 Å². The number of aryl methyl sites for hydroxylation is 2. The van der Waals surface area contributed by atoms with Gasteiger partial charge in [-0.3, -0.25) is 4.98 Å². The minimum Gasteiger partial charge on any atom is -0.509 e. The molecule has 0 saturated heterocycles. The molecule has 0 saturated carbocycles. The third-order valence-electron chi connectivity index (χ3n) is 2.52. The minimum atomic E-state index is 0.0174. The van der Waals surface area contributed by atoms with Gasteiger partial charge in [-0.05, 0) is 38.1 Å². The number of allylic oxidation sites excluding steroid dienone is 1. The van der Waals surface area contributed by atoms with Crippen LogP contribution in [0.1, 0.15) is 17.1 Å². The molecule has 0 unspecified atom stereocenters. The van der Waals surface area contributed by atoms with E-state index < -0.39 is 0 Å². The molecule has 0 fully saturated rings. The fourth-order valence-electron chi connectivity index (χ4n) is 1.67. The molecule has 2 rings (SSSR count). The van der Waals surface area contributed by atoms with Crippen molar-refractivity contribution in [3.8, 4) is 5.69 Å². The van der Waals surface area contributed by atoms with Crippen LogP contribution >= 0.6 is 0 Å². The topological polar surface area (TPSA) is 50.9 Å². The van der Waals surface area contributed by atoms with Crippen LogP contribution in [0.25, 0.3) is 11.8 Å². The largest absolute Gasteiger partial charge is 0.509 e. The van der Waals surface area contributed by atoms with Crippen molar-refractivity contribution in [2.24, 2.45) is 0 Å². The van der Waals surface area contributed by atoms with Gasteiger partial charge >= 0.3 is 0 Å². The number of aliphatic hydroxyl groups excluding tert-OH is 1. The lowest BCUT2D eigenvalue weighted by Crippen LogP contribution is -1.97. The summed E-state index contributed by atoms with van der Waals surface area (Å²) in [4.78, 5) is 8.64. The van der Waals surface area contributed by atoms with Gasteiger partial charge in [-0.15, -0.1) is 0 Å². The Morgan fingerprint density at radius 1 is 1.39 bits per heavy atom. The number of pyridine rings is 1. The Balaban J connectivity index is 2.33. The van der Waals surface area contributed by atoms with Gasteiger partial charge in [0.05, 0.1) is 29.1 Å². The van der Waals surface area contributed by atoms with Crippen molar-refractivity contribution in [3.05, 3.63) is 60.2 Å². The van der Waals surface area contributed by atoms with Gasteiger partial charge in [-0.25, -0.2) is 4.98 Å². The Labute approximate surface area is 106 Å². The number of hydrogen-bond donors (Lipinski definition) is 1. The van der Waals surface area contributed by atoms with E-state index in [9.17, 15) is 0 Å². The first-order valence-corrected chi connectivity index (χ1v) is 5.61. The normalized spacial score (nSPS) is 11.0. The monoisotopic (exact) mass is 241 g/mol. The van der Waals surface area contributed by atoms with Gasteiger partial charge < -0.3 is 9.67 Å². The summed E-state index contributed by atoms with van der Waals surface area (Å²) in [5.41, 5.74) is 3.65. The molecule has 2 aromatic heterocycles. The Kier molecular flexibility index (Phi) is 3.28. The van der Waals surface area contributed by atoms with Crippen LogP contribution in [-0.2, 0) is 0 Å². The van der Waals surface area contributed by atoms with Crippen LogP contribution in [0.3, 0.4) is 0 Å². The molecule has 0 atom stereocenters. The van der Waals surface area contributed by atoms with Crippen molar-refractivity contribution < 1.29 is 5.11 Å². The molecule has 0 aromatic carbocycles. The van der Waals surface area contributed by atoms with Crippen molar-refractivity contribution in [1.82, 2.24) is 14.5 Å². The number of aliphatic hydroxyl groups is 1. The zero-order chi connectivity index (χ0) is 13.1. The first kappa shape index (κ1) is 12.1. The number of rotatable bonds is 3. The second-order valence-electron chi connectivity index (χ2n) is 4.09. The van der Waals surface area contributed by atoms with Crippen molar-refractivity contribution in [1.29, 1.82) is 0 Å². The highest BCUT2D eigenvalue weighted by molar-refractivity contribution is 5.51. The van der Waals surface area contributed by atoms with E-state index in [1.165, 1.54) is 6.08 Å². The van der Waals surface area contributed by atoms with E-state index in [0.717, 1.165) is 22.8 Å². The minimum absolute atomic E-state index is 0.0174. The van der Waals surface area contributed by atoms with Gasteiger partial charge in [-0.1, -0.05) is 6.58 Å². The van der Waals surface area contributed by atoms with E-state index in [0.29, 0.717) is 0 Å². The molecule has 4 heteroatoms. The quantitative estimate of drug-likeness (QED) is 0.664. The summed E-state index contributed by atoms with van der Waals surface area (Å²) in [5.74, 6) is 0.0174. The van der Waals surface area contributed by atoms with E-state index >= 15 is 0 Å². The Morgan fingerprint density at radius 3 is 2.72 bits per heavy atom. The first-order valence-electron chi connectivity index (χ1n) is 5.61. The van der Waals surface area contributed by atoms with Crippen LogP contribution in [0.15, 0.2) is 43.1 Å². The van der Waals surface area contributed by atoms with Crippen molar-refractivity contribution >= 4 is 6.08 Å². The van der Waals surface area contributed by atoms with E-state index in [1.54, 1.807) is 12.4 Å². The van der Waals surface area contributed by atoms with Crippen LogP contribution in [-0.4, -0.2) is 19.6 Å². The lowest BCUT2D eigenvalue weighted by Gasteiger charge is -2.06. The van der Waals surface area contributed by atoms with Crippen molar-refractivity contribution in [2.75, 3.05) is 0 Å². The van der Waals surface area contributed by atoms with E-state index in [2.05, 4.69) is 16.5 Å². The van der Waals surface area contributed by atoms with Crippen LogP contribution < -0.4 is 0 Å². The summed E-state index contributed by atoms with van der Waals surface area (Å²) in [6.07, 6.45) is 6.96. The summed E-state index contributed by atoms with van der Waals surface area (Å²) in [5, 5.41) is 9.00. The molecule has 0 aliphatic heterocycles. The highest BCUT2D eigenvalue weighted by atomic mass is 16.3. The fraction of sp³-hybridized carbons (Fsp3) is 0.143. The van der Waals surface area contributed by atoms with Crippen molar-refractivity contribution in [3.63, 3.8) is 0 Å². The molecular weight excluding hydrogens is 226 g/mol. The van der Waals surface area contributed by atoms with Crippen LogP contribution in [0.2, 0.25) is 0 Å². The van der Waals surface area contributed by atoms with E-state index in [1.807, 2.05) is 36.7 Å². The third kappa shape index (κ3) is 2.66. The first-order chi connectivity index (χ1) is 8.56. The lowest BCUT2D eigenvalue weighted by atomic mass is 10.2. The molecule has 92 valence electrons. The molecule has 0 bridgehead atoms. The number of hydrogen-bond acceptors (Lipinski definition) is 3. The zero-order valence-electron chi connectivity index (χ0n) is 10.5. The third-order valence-corrected chi connectivity index (χ3v) is 2.52. The van der Waals surface area contributed by atoms with E-state index in [4.69, 9.17) is 5.11 Å². The number of aromatic nitrogens is 3. The SMILES string of the molecule is C=C(O)/C=C/c1ccc(-n2cnc(C)c2)c(C)n1. The predicted molar refractivity (Wildman–Crippen MR) is 71.6 cm³/mol. The molecule has 0 aliphatic rings. The zero-order valence-corrected chi connectivity index (χ0v) is 10.5. The van der Waals surface area contributed by atoms with Gasteiger partial charge in [0.25, 0.3) is 0 Å². The smallest absolute Gasteiger partial charge is 0.108 e. The molecule has 0 aliphatic carbocycles. The highest BCUT2D eigenvalue weighted by Crippen LogP contribution is 2.14. The molecule has 1 N–H and O–H groups in total. The van der Waals surface area contributed by atoms with Crippen LogP contribution in [0, 0.1) is 13.8 Å². The Hall–Kier alpha value is -2.36. The average Bonchev–Trinajstić information content (AvgIpc) is 2.73. The summed E-state index contributed by atoms with van der Waals surface area (Å²) >= 11 is 0. The summed E-state index contributed by atoms with van der Waals surface area (Å²) < 4.78 is 1.94. The maximum absolute atomic E-state index is 9.00. The summed E-state index contributed by atoms with van der Waals surface area (Å²) in [6, 6.07) is 3.86. The molecular formula is C14H15N3O. The summed E-state index contributed by atoms with van der Waals surface area (Å²) in [7, 11) is 0. The fourth-order valence-corrected chi connectivity index (χ4v) is 1.67. The molecule has 2 heterocycles. The van der Waals surface area contributed by atoms with Crippen LogP contribution in [0.5, 0.6) is 0 Å². The lowest BCUT2D eigenvalue weighted by molar-refractivity contribution is 0.436. The number of imidazole rings is 1. The molecule has 0 spiro atoms. The Bertz CT molecular complexity index is 611. The standard InChI is InChI=1S/C14H15N3O/c1-10-8-17(9-15-10)14-7-6-13(16-12(14)3)5-4-11(2)18/h4-9,18H,2H2,1,3H3/b5-4+. The molecule has 0 amide bonds. The molecule has 4 nitrogen and oxygen atoms in total. The van der Waals surface area contributed by atoms with Gasteiger partial charge in [0.15, 0.2) is 0 Å².